The highest BCUT2D eigenvalue weighted by atomic mass is 32.2. The molecule has 0 fully saturated rings. The second-order valence-corrected chi connectivity index (χ2v) is 7.17. The molecule has 5 nitrogen and oxygen atoms in total. The van der Waals surface area contributed by atoms with E-state index in [0.717, 1.165) is 31.3 Å². The average molecular weight is 288 g/mol. The van der Waals surface area contributed by atoms with Crippen molar-refractivity contribution in [3.8, 4) is 0 Å². The maximum absolute atomic E-state index is 11.8. The van der Waals surface area contributed by atoms with E-state index in [1.54, 1.807) is 14.0 Å². The van der Waals surface area contributed by atoms with Gasteiger partial charge in [0.25, 0.3) is 0 Å². The Morgan fingerprint density at radius 2 is 2.16 bits per heavy atom. The molecule has 0 radical (unpaired) electrons. The van der Waals surface area contributed by atoms with Crippen molar-refractivity contribution in [3.63, 3.8) is 0 Å². The minimum Gasteiger partial charge on any atom is -0.352 e. The maximum atomic E-state index is 11.8. The molecule has 1 N–H and O–H groups in total. The lowest BCUT2D eigenvalue weighted by atomic mass is 9.99. The smallest absolute Gasteiger partial charge is 0.246 e. The van der Waals surface area contributed by atoms with Gasteiger partial charge in [-0.1, -0.05) is 6.08 Å². The Hall–Kier alpha value is -0.880. The standard InChI is InChI=1S/C13H24N2O3S/c1-3-19(17,18)15(2)11-7-10-14-13(16)12-8-5-4-6-9-12/h8H,3-7,9-11H2,1-2H3,(H,14,16). The van der Waals surface area contributed by atoms with Gasteiger partial charge in [0.1, 0.15) is 0 Å². The first-order valence-electron chi connectivity index (χ1n) is 6.88. The van der Waals surface area contributed by atoms with Crippen LogP contribution in [0.25, 0.3) is 0 Å². The molecule has 0 aliphatic heterocycles. The highest BCUT2D eigenvalue weighted by molar-refractivity contribution is 7.89. The Morgan fingerprint density at radius 3 is 2.74 bits per heavy atom. The van der Waals surface area contributed by atoms with Gasteiger partial charge in [0.15, 0.2) is 0 Å². The predicted octanol–water partition coefficient (Wildman–Crippen LogP) is 1.27. The molecule has 1 amide bonds. The number of sulfonamides is 1. The van der Waals surface area contributed by atoms with Gasteiger partial charge in [0.05, 0.1) is 5.75 Å². The van der Waals surface area contributed by atoms with Crippen LogP contribution in [0.1, 0.15) is 39.0 Å². The molecular formula is C13H24N2O3S. The third-order valence-electron chi connectivity index (χ3n) is 3.36. The molecule has 0 spiro atoms. The number of carbonyl (C=O) groups excluding carboxylic acids is 1. The molecule has 19 heavy (non-hydrogen) atoms. The first kappa shape index (κ1) is 16.2. The van der Waals surface area contributed by atoms with Crippen LogP contribution in [-0.2, 0) is 14.8 Å². The number of hydrogen-bond acceptors (Lipinski definition) is 3. The summed E-state index contributed by atoms with van der Waals surface area (Å²) in [7, 11) is -1.54. The fourth-order valence-corrected chi connectivity index (χ4v) is 2.87. The van der Waals surface area contributed by atoms with E-state index >= 15 is 0 Å². The van der Waals surface area contributed by atoms with Crippen molar-refractivity contribution in [1.82, 2.24) is 9.62 Å². The zero-order chi connectivity index (χ0) is 14.3. The number of amides is 1. The Morgan fingerprint density at radius 1 is 1.42 bits per heavy atom. The Labute approximate surface area is 116 Å². The normalized spacial score (nSPS) is 16.3. The third kappa shape index (κ3) is 5.32. The summed E-state index contributed by atoms with van der Waals surface area (Å²) in [6.07, 6.45) is 6.73. The van der Waals surface area contributed by atoms with Crippen LogP contribution in [-0.4, -0.2) is 44.5 Å². The Bertz CT molecular complexity index is 429. The zero-order valence-electron chi connectivity index (χ0n) is 11.8. The van der Waals surface area contributed by atoms with Gasteiger partial charge in [-0.2, -0.15) is 0 Å². The molecular weight excluding hydrogens is 264 g/mol. The SMILES string of the molecule is CCS(=O)(=O)N(C)CCCNC(=O)C1=CCCCC1. The fourth-order valence-electron chi connectivity index (χ4n) is 2.02. The summed E-state index contributed by atoms with van der Waals surface area (Å²) in [5.41, 5.74) is 0.876. The minimum atomic E-state index is -3.11. The van der Waals surface area contributed by atoms with Crippen LogP contribution in [0.4, 0.5) is 0 Å². The van der Waals surface area contributed by atoms with E-state index in [1.165, 1.54) is 4.31 Å². The second-order valence-electron chi connectivity index (χ2n) is 4.81. The largest absolute Gasteiger partial charge is 0.352 e. The van der Waals surface area contributed by atoms with Crippen molar-refractivity contribution in [2.45, 2.75) is 39.0 Å². The van der Waals surface area contributed by atoms with E-state index in [1.807, 2.05) is 6.08 Å². The van der Waals surface area contributed by atoms with Gasteiger partial charge in [-0.3, -0.25) is 4.79 Å². The van der Waals surface area contributed by atoms with Crippen LogP contribution < -0.4 is 5.32 Å². The van der Waals surface area contributed by atoms with Crippen LogP contribution in [0.2, 0.25) is 0 Å². The summed E-state index contributed by atoms with van der Waals surface area (Å²) in [6.45, 7) is 2.58. The number of allylic oxidation sites excluding steroid dienone is 1. The van der Waals surface area contributed by atoms with Gasteiger partial charge in [0, 0.05) is 25.7 Å². The first-order valence-corrected chi connectivity index (χ1v) is 8.49. The minimum absolute atomic E-state index is 0.000650. The van der Waals surface area contributed by atoms with Crippen molar-refractivity contribution in [2.75, 3.05) is 25.9 Å². The molecule has 0 unspecified atom stereocenters. The topological polar surface area (TPSA) is 66.5 Å². The van der Waals surface area contributed by atoms with Crippen molar-refractivity contribution < 1.29 is 13.2 Å². The fraction of sp³-hybridized carbons (Fsp3) is 0.769. The maximum Gasteiger partial charge on any atom is 0.246 e. The quantitative estimate of drug-likeness (QED) is 0.718. The van der Waals surface area contributed by atoms with E-state index in [9.17, 15) is 13.2 Å². The van der Waals surface area contributed by atoms with Crippen LogP contribution in [0.5, 0.6) is 0 Å². The van der Waals surface area contributed by atoms with E-state index in [0.29, 0.717) is 19.5 Å². The highest BCUT2D eigenvalue weighted by Crippen LogP contribution is 2.16. The molecule has 0 aromatic carbocycles. The number of nitrogens with zero attached hydrogens (tertiary/aromatic N) is 1. The molecule has 0 aromatic rings. The number of carbonyl (C=O) groups is 1. The predicted molar refractivity (Wildman–Crippen MR) is 76.3 cm³/mol. The summed E-state index contributed by atoms with van der Waals surface area (Å²) in [6, 6.07) is 0. The molecule has 1 rings (SSSR count). The van der Waals surface area contributed by atoms with E-state index in [2.05, 4.69) is 5.32 Å². The highest BCUT2D eigenvalue weighted by Gasteiger charge is 2.15. The van der Waals surface area contributed by atoms with Gasteiger partial charge in [0.2, 0.25) is 15.9 Å². The molecule has 110 valence electrons. The van der Waals surface area contributed by atoms with Crippen LogP contribution in [0.15, 0.2) is 11.6 Å². The lowest BCUT2D eigenvalue weighted by Crippen LogP contribution is -2.33. The third-order valence-corrected chi connectivity index (χ3v) is 5.22. The summed E-state index contributed by atoms with van der Waals surface area (Å²) in [5.74, 6) is 0.114. The van der Waals surface area contributed by atoms with Crippen molar-refractivity contribution in [3.05, 3.63) is 11.6 Å². The molecule has 6 heteroatoms. The van der Waals surface area contributed by atoms with Gasteiger partial charge < -0.3 is 5.32 Å². The lowest BCUT2D eigenvalue weighted by Gasteiger charge is -2.16. The van der Waals surface area contributed by atoms with Crippen LogP contribution in [0.3, 0.4) is 0 Å². The molecule has 0 saturated carbocycles. The van der Waals surface area contributed by atoms with E-state index in [4.69, 9.17) is 0 Å². The Balaban J connectivity index is 2.24. The van der Waals surface area contributed by atoms with Crippen molar-refractivity contribution in [2.24, 2.45) is 0 Å². The van der Waals surface area contributed by atoms with E-state index in [-0.39, 0.29) is 11.7 Å². The van der Waals surface area contributed by atoms with Crippen LogP contribution >= 0.6 is 0 Å². The summed E-state index contributed by atoms with van der Waals surface area (Å²) in [5, 5.41) is 2.85. The van der Waals surface area contributed by atoms with E-state index < -0.39 is 10.0 Å². The van der Waals surface area contributed by atoms with Crippen LogP contribution in [0, 0.1) is 0 Å². The number of rotatable bonds is 7. The lowest BCUT2D eigenvalue weighted by molar-refractivity contribution is -0.117. The molecule has 0 bridgehead atoms. The molecule has 1 aliphatic carbocycles. The second kappa shape index (κ2) is 7.65. The van der Waals surface area contributed by atoms with Gasteiger partial charge in [-0.15, -0.1) is 0 Å². The molecule has 0 heterocycles. The average Bonchev–Trinajstić information content (AvgIpc) is 2.43. The van der Waals surface area contributed by atoms with Gasteiger partial charge in [-0.25, -0.2) is 12.7 Å². The monoisotopic (exact) mass is 288 g/mol. The van der Waals surface area contributed by atoms with Gasteiger partial charge in [-0.05, 0) is 39.0 Å². The van der Waals surface area contributed by atoms with Gasteiger partial charge >= 0.3 is 0 Å². The zero-order valence-corrected chi connectivity index (χ0v) is 12.6. The Kier molecular flexibility index (Phi) is 6.51. The molecule has 0 saturated heterocycles. The first-order chi connectivity index (χ1) is 8.97. The number of nitrogens with one attached hydrogen (secondary N) is 1. The number of hydrogen-bond donors (Lipinski definition) is 1. The van der Waals surface area contributed by atoms with Crippen molar-refractivity contribution in [1.29, 1.82) is 0 Å². The molecule has 1 aliphatic rings. The summed E-state index contributed by atoms with van der Waals surface area (Å²) >= 11 is 0. The molecule has 0 aromatic heterocycles. The van der Waals surface area contributed by atoms with Crippen molar-refractivity contribution >= 4 is 15.9 Å². The summed E-state index contributed by atoms with van der Waals surface area (Å²) in [4.78, 5) is 11.8. The molecule has 0 atom stereocenters. The summed E-state index contributed by atoms with van der Waals surface area (Å²) < 4.78 is 24.4.